The van der Waals surface area contributed by atoms with Crippen molar-refractivity contribution < 1.29 is 9.90 Å². The summed E-state index contributed by atoms with van der Waals surface area (Å²) in [6, 6.07) is -0.407. The number of aliphatic carboxylic acids is 1. The first-order valence-corrected chi connectivity index (χ1v) is 6.45. The fraction of sp³-hybridized carbons (Fsp3) is 0.636. The van der Waals surface area contributed by atoms with E-state index in [1.165, 1.54) is 0 Å². The summed E-state index contributed by atoms with van der Waals surface area (Å²) < 4.78 is 0. The van der Waals surface area contributed by atoms with E-state index in [-0.39, 0.29) is 5.92 Å². The number of carboxylic acids is 1. The van der Waals surface area contributed by atoms with Gasteiger partial charge in [-0.2, -0.15) is 0 Å². The van der Waals surface area contributed by atoms with Gasteiger partial charge in [0.25, 0.3) is 0 Å². The number of rotatable bonds is 3. The van der Waals surface area contributed by atoms with E-state index in [0.717, 1.165) is 30.2 Å². The molecule has 4 nitrogen and oxygen atoms in total. The number of hydrogen-bond donors (Lipinski definition) is 1. The normalized spacial score (nSPS) is 25.0. The summed E-state index contributed by atoms with van der Waals surface area (Å²) in [5.74, 6) is -0.537. The SMILES string of the molecule is CCc1csc(N2CCC(C)C2C(=O)O)n1. The Hall–Kier alpha value is -1.10. The number of aryl methyl sites for hydroxylation is 1. The molecule has 2 heterocycles. The van der Waals surface area contributed by atoms with Gasteiger partial charge in [0.1, 0.15) is 6.04 Å². The third-order valence-corrected chi connectivity index (χ3v) is 4.03. The average Bonchev–Trinajstić information content (AvgIpc) is 2.82. The molecular formula is C11H16N2O2S. The summed E-state index contributed by atoms with van der Waals surface area (Å²) in [4.78, 5) is 17.6. The molecule has 0 bridgehead atoms. The smallest absolute Gasteiger partial charge is 0.326 e. The number of hydrogen-bond acceptors (Lipinski definition) is 4. The molecule has 2 atom stereocenters. The zero-order chi connectivity index (χ0) is 11.7. The van der Waals surface area contributed by atoms with Crippen LogP contribution in [-0.4, -0.2) is 28.6 Å². The Balaban J connectivity index is 2.23. The van der Waals surface area contributed by atoms with Gasteiger partial charge in [-0.25, -0.2) is 9.78 Å². The van der Waals surface area contributed by atoms with E-state index in [0.29, 0.717) is 0 Å². The maximum atomic E-state index is 11.2. The number of nitrogens with zero attached hydrogens (tertiary/aromatic N) is 2. The van der Waals surface area contributed by atoms with Crippen LogP contribution in [-0.2, 0) is 11.2 Å². The van der Waals surface area contributed by atoms with Crippen molar-refractivity contribution in [3.05, 3.63) is 11.1 Å². The van der Waals surface area contributed by atoms with Crippen molar-refractivity contribution in [2.75, 3.05) is 11.4 Å². The predicted octanol–water partition coefficient (Wildman–Crippen LogP) is 2.00. The molecule has 0 saturated carbocycles. The Morgan fingerprint density at radius 2 is 2.50 bits per heavy atom. The molecule has 2 unspecified atom stereocenters. The molecule has 1 saturated heterocycles. The van der Waals surface area contributed by atoms with Crippen molar-refractivity contribution in [3.8, 4) is 0 Å². The fourth-order valence-electron chi connectivity index (χ4n) is 2.13. The van der Waals surface area contributed by atoms with Crippen LogP contribution in [0.1, 0.15) is 26.0 Å². The van der Waals surface area contributed by atoms with Crippen molar-refractivity contribution in [1.29, 1.82) is 0 Å². The predicted molar refractivity (Wildman–Crippen MR) is 64.0 cm³/mol. The van der Waals surface area contributed by atoms with Crippen LogP contribution in [0.5, 0.6) is 0 Å². The van der Waals surface area contributed by atoms with Crippen molar-refractivity contribution in [3.63, 3.8) is 0 Å². The molecule has 1 aromatic heterocycles. The molecule has 1 aliphatic rings. The van der Waals surface area contributed by atoms with Gasteiger partial charge in [-0.1, -0.05) is 13.8 Å². The molecule has 1 aliphatic heterocycles. The lowest BCUT2D eigenvalue weighted by molar-refractivity contribution is -0.139. The highest BCUT2D eigenvalue weighted by Crippen LogP contribution is 2.32. The molecule has 1 aromatic rings. The van der Waals surface area contributed by atoms with Crippen molar-refractivity contribution >= 4 is 22.4 Å². The van der Waals surface area contributed by atoms with Crippen molar-refractivity contribution in [2.45, 2.75) is 32.7 Å². The van der Waals surface area contributed by atoms with E-state index in [1.54, 1.807) is 11.3 Å². The molecule has 2 rings (SSSR count). The highest BCUT2D eigenvalue weighted by Gasteiger charge is 2.37. The Morgan fingerprint density at radius 3 is 3.06 bits per heavy atom. The van der Waals surface area contributed by atoms with Crippen LogP contribution in [0, 0.1) is 5.92 Å². The van der Waals surface area contributed by atoms with E-state index >= 15 is 0 Å². The highest BCUT2D eigenvalue weighted by molar-refractivity contribution is 7.13. The lowest BCUT2D eigenvalue weighted by atomic mass is 10.0. The average molecular weight is 240 g/mol. The number of anilines is 1. The van der Waals surface area contributed by atoms with Crippen LogP contribution in [0.2, 0.25) is 0 Å². The van der Waals surface area contributed by atoms with E-state index in [2.05, 4.69) is 11.9 Å². The van der Waals surface area contributed by atoms with Gasteiger partial charge in [-0.3, -0.25) is 0 Å². The van der Waals surface area contributed by atoms with Gasteiger partial charge in [0.15, 0.2) is 5.13 Å². The molecule has 0 amide bonds. The van der Waals surface area contributed by atoms with Gasteiger partial charge < -0.3 is 10.0 Å². The lowest BCUT2D eigenvalue weighted by Crippen LogP contribution is -2.38. The van der Waals surface area contributed by atoms with Gasteiger partial charge >= 0.3 is 5.97 Å². The summed E-state index contributed by atoms with van der Waals surface area (Å²) in [6.45, 7) is 4.85. The summed E-state index contributed by atoms with van der Waals surface area (Å²) in [7, 11) is 0. The van der Waals surface area contributed by atoms with Crippen molar-refractivity contribution in [2.24, 2.45) is 5.92 Å². The second-order valence-electron chi connectivity index (χ2n) is 4.22. The van der Waals surface area contributed by atoms with Gasteiger partial charge in [-0.05, 0) is 18.8 Å². The van der Waals surface area contributed by atoms with E-state index in [4.69, 9.17) is 0 Å². The standard InChI is InChI=1S/C11H16N2O2S/c1-3-8-6-16-11(12-8)13-5-4-7(2)9(13)10(14)15/h6-7,9H,3-5H2,1-2H3,(H,14,15). The van der Waals surface area contributed by atoms with Gasteiger partial charge in [-0.15, -0.1) is 11.3 Å². The second kappa shape index (κ2) is 4.41. The minimum absolute atomic E-state index is 0.200. The largest absolute Gasteiger partial charge is 0.480 e. The van der Waals surface area contributed by atoms with E-state index in [1.807, 2.05) is 17.2 Å². The number of carboxylic acid groups (broad SMARTS) is 1. The van der Waals surface area contributed by atoms with Crippen molar-refractivity contribution in [1.82, 2.24) is 4.98 Å². The molecule has 1 fully saturated rings. The van der Waals surface area contributed by atoms with Crippen LogP contribution in [0.15, 0.2) is 5.38 Å². The zero-order valence-corrected chi connectivity index (χ0v) is 10.3. The number of aromatic nitrogens is 1. The molecule has 0 aliphatic carbocycles. The Labute approximate surface area is 98.9 Å². The Morgan fingerprint density at radius 1 is 1.75 bits per heavy atom. The maximum absolute atomic E-state index is 11.2. The Kier molecular flexibility index (Phi) is 3.14. The molecule has 16 heavy (non-hydrogen) atoms. The highest BCUT2D eigenvalue weighted by atomic mass is 32.1. The summed E-state index contributed by atoms with van der Waals surface area (Å²) in [5.41, 5.74) is 1.05. The van der Waals surface area contributed by atoms with E-state index in [9.17, 15) is 9.90 Å². The summed E-state index contributed by atoms with van der Waals surface area (Å²) in [5, 5.41) is 12.1. The Bertz CT molecular complexity index is 391. The molecule has 88 valence electrons. The molecule has 0 aromatic carbocycles. The molecule has 1 N–H and O–H groups in total. The quantitative estimate of drug-likeness (QED) is 0.878. The van der Waals surface area contributed by atoms with Gasteiger partial charge in [0.05, 0.1) is 5.69 Å². The fourth-order valence-corrected chi connectivity index (χ4v) is 3.10. The summed E-state index contributed by atoms with van der Waals surface area (Å²) in [6.07, 6.45) is 1.83. The molecule has 5 heteroatoms. The maximum Gasteiger partial charge on any atom is 0.326 e. The molecular weight excluding hydrogens is 224 g/mol. The van der Waals surface area contributed by atoms with Crippen LogP contribution >= 0.6 is 11.3 Å². The van der Waals surface area contributed by atoms with Crippen LogP contribution in [0.4, 0.5) is 5.13 Å². The lowest BCUT2D eigenvalue weighted by Gasteiger charge is -2.22. The molecule has 0 radical (unpaired) electrons. The summed E-state index contributed by atoms with van der Waals surface area (Å²) >= 11 is 1.55. The zero-order valence-electron chi connectivity index (χ0n) is 9.51. The molecule has 0 spiro atoms. The monoisotopic (exact) mass is 240 g/mol. The minimum Gasteiger partial charge on any atom is -0.480 e. The number of thiazole rings is 1. The number of carbonyl (C=O) groups is 1. The first kappa shape index (κ1) is 11.4. The van der Waals surface area contributed by atoms with E-state index < -0.39 is 12.0 Å². The van der Waals surface area contributed by atoms with Gasteiger partial charge in [0.2, 0.25) is 0 Å². The van der Waals surface area contributed by atoms with Gasteiger partial charge in [0, 0.05) is 11.9 Å². The first-order chi connectivity index (χ1) is 7.63. The first-order valence-electron chi connectivity index (χ1n) is 5.57. The van der Waals surface area contributed by atoms with Crippen LogP contribution < -0.4 is 4.90 Å². The van der Waals surface area contributed by atoms with Crippen LogP contribution in [0.3, 0.4) is 0 Å². The topological polar surface area (TPSA) is 53.4 Å². The third-order valence-electron chi connectivity index (χ3n) is 3.10. The minimum atomic E-state index is -0.738. The van der Waals surface area contributed by atoms with Crippen LogP contribution in [0.25, 0.3) is 0 Å². The second-order valence-corrected chi connectivity index (χ2v) is 5.05. The third kappa shape index (κ3) is 1.91.